The normalized spacial score (nSPS) is 21.5. The number of rotatable bonds is 9. The van der Waals surface area contributed by atoms with Gasteiger partial charge in [-0.1, -0.05) is 84.4 Å². The molecule has 0 amide bonds. The van der Waals surface area contributed by atoms with Crippen LogP contribution in [0.5, 0.6) is 0 Å². The Morgan fingerprint density at radius 2 is 1.67 bits per heavy atom. The van der Waals surface area contributed by atoms with E-state index in [2.05, 4.69) is 33.0 Å². The first-order chi connectivity index (χ1) is 10.0. The lowest BCUT2D eigenvalue weighted by Crippen LogP contribution is -2.46. The van der Waals surface area contributed by atoms with E-state index < -0.39 is 0 Å². The molecular weight excluding hydrogens is 276 g/mol. The van der Waals surface area contributed by atoms with E-state index in [0.29, 0.717) is 11.5 Å². The molecule has 0 bridgehead atoms. The molecule has 0 saturated carbocycles. The summed E-state index contributed by atoms with van der Waals surface area (Å²) in [7, 11) is 0. The van der Waals surface area contributed by atoms with Gasteiger partial charge in [-0.2, -0.15) is 0 Å². The molecule has 3 heteroatoms. The van der Waals surface area contributed by atoms with Gasteiger partial charge in [0.2, 0.25) is 0 Å². The van der Waals surface area contributed by atoms with Gasteiger partial charge in [0.1, 0.15) is 0 Å². The lowest BCUT2D eigenvalue weighted by molar-refractivity contribution is 0.290. The van der Waals surface area contributed by atoms with Crippen LogP contribution in [0.1, 0.15) is 85.5 Å². The van der Waals surface area contributed by atoms with Crippen LogP contribution in [0, 0.1) is 5.41 Å². The van der Waals surface area contributed by atoms with Crippen LogP contribution in [-0.4, -0.2) is 23.5 Å². The second kappa shape index (κ2) is 10.5. The standard InChI is InChI=1S/C18H36N2S/c1-5-6-7-8-9-10-11-12-14-19-17-20-16(13-15-21-17)18(2,3)4/h16H,5-15H2,1-4H3,(H,19,20). The van der Waals surface area contributed by atoms with Crippen LogP contribution in [0.4, 0.5) is 0 Å². The fraction of sp³-hybridized carbons (Fsp3) is 0.944. The fourth-order valence-electron chi connectivity index (χ4n) is 2.70. The topological polar surface area (TPSA) is 24.4 Å². The van der Waals surface area contributed by atoms with Crippen molar-refractivity contribution in [3.05, 3.63) is 0 Å². The SMILES string of the molecule is CCCCCCCCCCN=C1NC(C(C)(C)C)CCS1. The summed E-state index contributed by atoms with van der Waals surface area (Å²) in [6, 6.07) is 0.580. The van der Waals surface area contributed by atoms with Crippen molar-refractivity contribution in [1.82, 2.24) is 5.32 Å². The predicted octanol–water partition coefficient (Wildman–Crippen LogP) is 5.62. The number of hydrogen-bond acceptors (Lipinski definition) is 2. The van der Waals surface area contributed by atoms with Crippen molar-refractivity contribution in [1.29, 1.82) is 0 Å². The highest BCUT2D eigenvalue weighted by molar-refractivity contribution is 8.13. The minimum atomic E-state index is 0.334. The number of amidine groups is 1. The summed E-state index contributed by atoms with van der Waals surface area (Å²) in [5.74, 6) is 1.21. The molecule has 1 rings (SSSR count). The largest absolute Gasteiger partial charge is 0.362 e. The summed E-state index contributed by atoms with van der Waals surface area (Å²) in [6.45, 7) is 10.2. The molecule has 1 unspecified atom stereocenters. The summed E-state index contributed by atoms with van der Waals surface area (Å²) in [5.41, 5.74) is 0.334. The maximum atomic E-state index is 4.76. The lowest BCUT2D eigenvalue weighted by Gasteiger charge is -2.35. The lowest BCUT2D eigenvalue weighted by atomic mass is 9.85. The molecule has 2 nitrogen and oxygen atoms in total. The molecule has 0 spiro atoms. The van der Waals surface area contributed by atoms with E-state index >= 15 is 0 Å². The Kier molecular flexibility index (Phi) is 9.46. The number of nitrogens with one attached hydrogen (secondary N) is 1. The second-order valence-corrected chi connectivity index (χ2v) is 8.45. The zero-order valence-electron chi connectivity index (χ0n) is 14.7. The molecule has 21 heavy (non-hydrogen) atoms. The van der Waals surface area contributed by atoms with Crippen LogP contribution in [0.2, 0.25) is 0 Å². The zero-order valence-corrected chi connectivity index (χ0v) is 15.5. The molecule has 0 aromatic carbocycles. The van der Waals surface area contributed by atoms with Crippen LogP contribution >= 0.6 is 11.8 Å². The van der Waals surface area contributed by atoms with Crippen LogP contribution in [0.15, 0.2) is 4.99 Å². The molecule has 1 fully saturated rings. The summed E-state index contributed by atoms with van der Waals surface area (Å²) < 4.78 is 0. The molecule has 1 saturated heterocycles. The van der Waals surface area contributed by atoms with Crippen LogP contribution in [0.3, 0.4) is 0 Å². The molecule has 0 aliphatic carbocycles. The van der Waals surface area contributed by atoms with Gasteiger partial charge in [0.05, 0.1) is 0 Å². The van der Waals surface area contributed by atoms with Gasteiger partial charge in [0.15, 0.2) is 5.17 Å². The molecule has 0 aromatic rings. The Morgan fingerprint density at radius 1 is 1.05 bits per heavy atom. The van der Waals surface area contributed by atoms with Gasteiger partial charge in [-0.15, -0.1) is 0 Å². The number of hydrogen-bond donors (Lipinski definition) is 1. The molecule has 1 atom stereocenters. The van der Waals surface area contributed by atoms with Crippen LogP contribution in [0.25, 0.3) is 0 Å². The maximum Gasteiger partial charge on any atom is 0.156 e. The van der Waals surface area contributed by atoms with E-state index in [1.54, 1.807) is 0 Å². The minimum Gasteiger partial charge on any atom is -0.362 e. The summed E-state index contributed by atoms with van der Waals surface area (Å²) in [5, 5.41) is 4.82. The third-order valence-corrected chi connectivity index (χ3v) is 5.22. The number of unbranched alkanes of at least 4 members (excludes halogenated alkanes) is 7. The summed E-state index contributed by atoms with van der Waals surface area (Å²) >= 11 is 1.90. The van der Waals surface area contributed by atoms with Gasteiger partial charge in [-0.05, 0) is 18.3 Å². The van der Waals surface area contributed by atoms with E-state index in [4.69, 9.17) is 4.99 Å². The van der Waals surface area contributed by atoms with E-state index in [1.165, 1.54) is 68.7 Å². The van der Waals surface area contributed by atoms with Crippen molar-refractivity contribution in [2.75, 3.05) is 12.3 Å². The van der Waals surface area contributed by atoms with Gasteiger partial charge in [-0.3, -0.25) is 4.99 Å². The number of thioether (sulfide) groups is 1. The first kappa shape index (κ1) is 18.9. The molecule has 1 N–H and O–H groups in total. The number of aliphatic imine (C=N–C) groups is 1. The Morgan fingerprint density at radius 3 is 2.29 bits per heavy atom. The van der Waals surface area contributed by atoms with Gasteiger partial charge >= 0.3 is 0 Å². The smallest absolute Gasteiger partial charge is 0.156 e. The quantitative estimate of drug-likeness (QED) is 0.558. The van der Waals surface area contributed by atoms with Crippen molar-refractivity contribution in [3.8, 4) is 0 Å². The maximum absolute atomic E-state index is 4.76. The van der Waals surface area contributed by atoms with Gasteiger partial charge in [0.25, 0.3) is 0 Å². The van der Waals surface area contributed by atoms with Crippen molar-refractivity contribution in [2.45, 2.75) is 91.5 Å². The van der Waals surface area contributed by atoms with Crippen molar-refractivity contribution in [2.24, 2.45) is 10.4 Å². The third kappa shape index (κ3) is 8.75. The molecule has 0 radical (unpaired) electrons. The Hall–Kier alpha value is -0.180. The highest BCUT2D eigenvalue weighted by Crippen LogP contribution is 2.27. The highest BCUT2D eigenvalue weighted by Gasteiger charge is 2.28. The first-order valence-electron chi connectivity index (χ1n) is 8.98. The minimum absolute atomic E-state index is 0.334. The van der Waals surface area contributed by atoms with Crippen molar-refractivity contribution >= 4 is 16.9 Å². The van der Waals surface area contributed by atoms with Crippen LogP contribution in [-0.2, 0) is 0 Å². The molecular formula is C18H36N2S. The fourth-order valence-corrected chi connectivity index (χ4v) is 3.66. The average Bonchev–Trinajstić information content (AvgIpc) is 2.45. The van der Waals surface area contributed by atoms with Crippen LogP contribution < -0.4 is 5.32 Å². The van der Waals surface area contributed by atoms with E-state index in [0.717, 1.165) is 6.54 Å². The molecule has 1 aliphatic rings. The molecule has 1 heterocycles. The van der Waals surface area contributed by atoms with Gasteiger partial charge in [-0.25, -0.2) is 0 Å². The zero-order chi connectivity index (χ0) is 15.6. The average molecular weight is 313 g/mol. The molecule has 1 aliphatic heterocycles. The molecule has 0 aromatic heterocycles. The van der Waals surface area contributed by atoms with E-state index in [1.807, 2.05) is 11.8 Å². The van der Waals surface area contributed by atoms with E-state index in [9.17, 15) is 0 Å². The van der Waals surface area contributed by atoms with Gasteiger partial charge < -0.3 is 5.32 Å². The summed E-state index contributed by atoms with van der Waals surface area (Å²) in [6.07, 6.45) is 12.3. The molecule has 124 valence electrons. The van der Waals surface area contributed by atoms with Crippen molar-refractivity contribution < 1.29 is 0 Å². The predicted molar refractivity (Wildman–Crippen MR) is 98.4 cm³/mol. The van der Waals surface area contributed by atoms with Gasteiger partial charge in [0, 0.05) is 18.3 Å². The monoisotopic (exact) mass is 312 g/mol. The first-order valence-corrected chi connectivity index (χ1v) is 9.96. The van der Waals surface area contributed by atoms with E-state index in [-0.39, 0.29) is 0 Å². The second-order valence-electron chi connectivity index (χ2n) is 7.36. The Balaban J connectivity index is 2.08. The third-order valence-electron chi connectivity index (χ3n) is 4.26. The Labute approximate surface area is 137 Å². The summed E-state index contributed by atoms with van der Waals surface area (Å²) in [4.78, 5) is 4.76. The van der Waals surface area contributed by atoms with Crippen molar-refractivity contribution in [3.63, 3.8) is 0 Å². The highest BCUT2D eigenvalue weighted by atomic mass is 32.2. The number of nitrogens with zero attached hydrogens (tertiary/aromatic N) is 1. The Bertz CT molecular complexity index is 294.